The summed E-state index contributed by atoms with van der Waals surface area (Å²) in [5.41, 5.74) is -1.77. The fourth-order valence-electron chi connectivity index (χ4n) is 1.80. The molecule has 1 aromatic rings. The van der Waals surface area contributed by atoms with Crippen molar-refractivity contribution in [3.8, 4) is 12.1 Å². The SMILES string of the molecule is N#CC1=C(c2ccco2)CC(C(F)(F)F)=C1C#N. The highest BCUT2D eigenvalue weighted by molar-refractivity contribution is 5.82. The van der Waals surface area contributed by atoms with Crippen LogP contribution in [0.25, 0.3) is 5.57 Å². The lowest BCUT2D eigenvalue weighted by Crippen LogP contribution is -2.12. The Balaban J connectivity index is 2.57. The van der Waals surface area contributed by atoms with Crippen LogP contribution in [0.5, 0.6) is 0 Å². The molecule has 0 aliphatic heterocycles. The fourth-order valence-corrected chi connectivity index (χ4v) is 1.80. The standard InChI is InChI=1S/C12H5F3N2O/c13-12(14,15)10-4-7(11-2-1-3-18-11)8(5-16)9(10)6-17/h1-3H,4H2. The van der Waals surface area contributed by atoms with Crippen LogP contribution in [0.3, 0.4) is 0 Å². The number of hydrogen-bond acceptors (Lipinski definition) is 3. The first kappa shape index (κ1) is 12.0. The maximum Gasteiger partial charge on any atom is 0.414 e. The zero-order valence-electron chi connectivity index (χ0n) is 8.88. The number of alkyl halides is 3. The summed E-state index contributed by atoms with van der Waals surface area (Å²) in [4.78, 5) is 0. The van der Waals surface area contributed by atoms with E-state index in [0.29, 0.717) is 0 Å². The van der Waals surface area contributed by atoms with E-state index in [2.05, 4.69) is 0 Å². The summed E-state index contributed by atoms with van der Waals surface area (Å²) in [5.74, 6) is 0.179. The molecule has 6 heteroatoms. The normalized spacial score (nSPS) is 15.8. The molecule has 0 amide bonds. The van der Waals surface area contributed by atoms with Gasteiger partial charge in [-0.2, -0.15) is 23.7 Å². The highest BCUT2D eigenvalue weighted by atomic mass is 19.4. The van der Waals surface area contributed by atoms with Crippen LogP contribution in [0.2, 0.25) is 0 Å². The van der Waals surface area contributed by atoms with Crippen LogP contribution in [0.1, 0.15) is 12.2 Å². The van der Waals surface area contributed by atoms with E-state index in [9.17, 15) is 13.2 Å². The minimum absolute atomic E-state index is 0.103. The molecule has 0 N–H and O–H groups in total. The molecule has 0 spiro atoms. The summed E-state index contributed by atoms with van der Waals surface area (Å²) in [6.07, 6.45) is -3.83. The summed E-state index contributed by atoms with van der Waals surface area (Å²) in [6.45, 7) is 0. The second kappa shape index (κ2) is 4.08. The third-order valence-corrected chi connectivity index (χ3v) is 2.59. The van der Waals surface area contributed by atoms with Crippen LogP contribution in [0.4, 0.5) is 13.2 Å². The predicted octanol–water partition coefficient (Wildman–Crippen LogP) is 3.34. The zero-order valence-corrected chi connectivity index (χ0v) is 8.88. The van der Waals surface area contributed by atoms with Crippen molar-refractivity contribution >= 4 is 5.57 Å². The molecule has 90 valence electrons. The molecule has 1 aromatic heterocycles. The summed E-state index contributed by atoms with van der Waals surface area (Å²) in [7, 11) is 0. The highest BCUT2D eigenvalue weighted by Gasteiger charge is 2.42. The van der Waals surface area contributed by atoms with Crippen molar-refractivity contribution in [2.45, 2.75) is 12.6 Å². The Hall–Kier alpha value is -2.47. The van der Waals surface area contributed by atoms with Crippen LogP contribution in [-0.2, 0) is 0 Å². The fraction of sp³-hybridized carbons (Fsp3) is 0.167. The maximum absolute atomic E-state index is 12.7. The van der Waals surface area contributed by atoms with E-state index in [1.165, 1.54) is 24.5 Å². The van der Waals surface area contributed by atoms with Gasteiger partial charge in [0, 0.05) is 12.0 Å². The molecule has 0 bridgehead atoms. The van der Waals surface area contributed by atoms with Crippen molar-refractivity contribution in [2.75, 3.05) is 0 Å². The topological polar surface area (TPSA) is 60.7 Å². The van der Waals surface area contributed by atoms with E-state index in [-0.39, 0.29) is 16.9 Å². The van der Waals surface area contributed by atoms with Gasteiger partial charge in [0.15, 0.2) is 0 Å². The van der Waals surface area contributed by atoms with Gasteiger partial charge in [-0.05, 0) is 12.1 Å². The summed E-state index contributed by atoms with van der Waals surface area (Å²) in [6, 6.07) is 6.06. The lowest BCUT2D eigenvalue weighted by Gasteiger charge is -2.08. The van der Waals surface area contributed by atoms with E-state index in [4.69, 9.17) is 14.9 Å². The second-order valence-electron chi connectivity index (χ2n) is 3.58. The van der Waals surface area contributed by atoms with Gasteiger partial charge >= 0.3 is 6.18 Å². The molecule has 0 fully saturated rings. The summed E-state index contributed by atoms with van der Waals surface area (Å²) in [5, 5.41) is 17.7. The van der Waals surface area contributed by atoms with Crippen LogP contribution >= 0.6 is 0 Å². The van der Waals surface area contributed by atoms with Gasteiger partial charge in [-0.1, -0.05) is 0 Å². The van der Waals surface area contributed by atoms with E-state index in [1.54, 1.807) is 6.07 Å². The molecule has 1 heterocycles. The average Bonchev–Trinajstić information content (AvgIpc) is 2.93. The van der Waals surface area contributed by atoms with Gasteiger partial charge in [-0.25, -0.2) is 0 Å². The Kier molecular flexibility index (Phi) is 2.72. The quantitative estimate of drug-likeness (QED) is 0.767. The van der Waals surface area contributed by atoms with E-state index in [1.807, 2.05) is 0 Å². The lowest BCUT2D eigenvalue weighted by molar-refractivity contribution is -0.0928. The van der Waals surface area contributed by atoms with Crippen molar-refractivity contribution in [1.29, 1.82) is 10.5 Å². The number of nitriles is 2. The summed E-state index contributed by atoms with van der Waals surface area (Å²) >= 11 is 0. The minimum Gasteiger partial charge on any atom is -0.465 e. The molecular formula is C12H5F3N2O. The van der Waals surface area contributed by atoms with E-state index in [0.717, 1.165) is 0 Å². The molecule has 0 unspecified atom stereocenters. The smallest absolute Gasteiger partial charge is 0.414 e. The molecule has 0 atom stereocenters. The Morgan fingerprint density at radius 1 is 1.17 bits per heavy atom. The van der Waals surface area contributed by atoms with Crippen molar-refractivity contribution < 1.29 is 17.6 Å². The molecule has 0 saturated heterocycles. The van der Waals surface area contributed by atoms with Crippen molar-refractivity contribution in [3.63, 3.8) is 0 Å². The monoisotopic (exact) mass is 250 g/mol. The molecule has 0 radical (unpaired) electrons. The zero-order chi connectivity index (χ0) is 13.3. The molecule has 3 nitrogen and oxygen atoms in total. The first-order valence-corrected chi connectivity index (χ1v) is 4.87. The first-order valence-electron chi connectivity index (χ1n) is 4.87. The third-order valence-electron chi connectivity index (χ3n) is 2.59. The molecule has 1 aliphatic rings. The van der Waals surface area contributed by atoms with Crippen LogP contribution < -0.4 is 0 Å². The van der Waals surface area contributed by atoms with Gasteiger partial charge in [-0.3, -0.25) is 0 Å². The average molecular weight is 250 g/mol. The number of hydrogen-bond donors (Lipinski definition) is 0. The second-order valence-corrected chi connectivity index (χ2v) is 3.58. The van der Waals surface area contributed by atoms with E-state index >= 15 is 0 Å². The Morgan fingerprint density at radius 3 is 2.28 bits per heavy atom. The van der Waals surface area contributed by atoms with Gasteiger partial charge in [0.25, 0.3) is 0 Å². The van der Waals surface area contributed by atoms with E-state index < -0.39 is 23.7 Å². The third kappa shape index (κ3) is 1.78. The Labute approximate surface area is 100 Å². The maximum atomic E-state index is 12.7. The van der Waals surface area contributed by atoms with Crippen LogP contribution in [0.15, 0.2) is 39.5 Å². The van der Waals surface area contributed by atoms with Crippen LogP contribution in [0, 0.1) is 22.7 Å². The van der Waals surface area contributed by atoms with Gasteiger partial charge in [0.2, 0.25) is 0 Å². The Bertz CT molecular complexity index is 622. The number of halogens is 3. The number of furan rings is 1. The number of allylic oxidation sites excluding steroid dienone is 4. The molecule has 0 saturated carbocycles. The van der Waals surface area contributed by atoms with Crippen LogP contribution in [-0.4, -0.2) is 6.18 Å². The van der Waals surface area contributed by atoms with Crippen molar-refractivity contribution in [1.82, 2.24) is 0 Å². The van der Waals surface area contributed by atoms with Gasteiger partial charge in [-0.15, -0.1) is 0 Å². The number of nitrogens with zero attached hydrogens (tertiary/aromatic N) is 2. The highest BCUT2D eigenvalue weighted by Crippen LogP contribution is 2.44. The molecule has 0 aromatic carbocycles. The Morgan fingerprint density at radius 2 is 1.83 bits per heavy atom. The van der Waals surface area contributed by atoms with Gasteiger partial charge in [0.1, 0.15) is 17.9 Å². The largest absolute Gasteiger partial charge is 0.465 e. The molecule has 2 rings (SSSR count). The van der Waals surface area contributed by atoms with Crippen molar-refractivity contribution in [3.05, 3.63) is 40.9 Å². The molecular weight excluding hydrogens is 245 g/mol. The van der Waals surface area contributed by atoms with Crippen molar-refractivity contribution in [2.24, 2.45) is 0 Å². The number of rotatable bonds is 1. The van der Waals surface area contributed by atoms with Gasteiger partial charge in [0.05, 0.1) is 23.0 Å². The summed E-state index contributed by atoms with van der Waals surface area (Å²) < 4.78 is 43.2. The van der Waals surface area contributed by atoms with Gasteiger partial charge < -0.3 is 4.42 Å². The lowest BCUT2D eigenvalue weighted by atomic mass is 10.1. The predicted molar refractivity (Wildman–Crippen MR) is 54.6 cm³/mol. The molecule has 18 heavy (non-hydrogen) atoms. The molecule has 1 aliphatic carbocycles. The minimum atomic E-state index is -4.62. The first-order chi connectivity index (χ1) is 8.49.